The Morgan fingerprint density at radius 3 is 1.15 bits per heavy atom. The van der Waals surface area contributed by atoms with E-state index in [9.17, 15) is 0 Å². The molecule has 0 radical (unpaired) electrons. The molecule has 0 saturated carbocycles. The Morgan fingerprint density at radius 2 is 0.778 bits per heavy atom. The third kappa shape index (κ3) is 22.1. The van der Waals surface area contributed by atoms with Crippen molar-refractivity contribution in [3.8, 4) is 0 Å². The molecule has 0 fully saturated rings. The van der Waals surface area contributed by atoms with Gasteiger partial charge in [-0.15, -0.1) is 0 Å². The van der Waals surface area contributed by atoms with Crippen LogP contribution in [0.1, 0.15) is 137 Å². The van der Waals surface area contributed by atoms with Crippen LogP contribution < -0.4 is 0 Å². The van der Waals surface area contributed by atoms with E-state index >= 15 is 0 Å². The van der Waals surface area contributed by atoms with Gasteiger partial charge in [-0.05, 0) is 50.7 Å². The van der Waals surface area contributed by atoms with Crippen LogP contribution in [0, 0.1) is 11.8 Å². The lowest BCUT2D eigenvalue weighted by Gasteiger charge is -2.22. The van der Waals surface area contributed by atoms with Gasteiger partial charge in [0.05, 0.1) is 0 Å². The van der Waals surface area contributed by atoms with Crippen LogP contribution in [0.5, 0.6) is 0 Å². The van der Waals surface area contributed by atoms with Crippen LogP contribution in [0.3, 0.4) is 0 Å². The van der Waals surface area contributed by atoms with Crippen molar-refractivity contribution in [2.24, 2.45) is 11.8 Å². The topological polar surface area (TPSA) is 3.24 Å². The highest BCUT2D eigenvalue weighted by molar-refractivity contribution is 4.60. The summed E-state index contributed by atoms with van der Waals surface area (Å²) in [5.41, 5.74) is 0. The molecule has 0 aliphatic carbocycles. The molecule has 0 N–H and O–H groups in total. The second kappa shape index (κ2) is 20.7. The van der Waals surface area contributed by atoms with Gasteiger partial charge in [0, 0.05) is 0 Å². The Morgan fingerprint density at radius 1 is 0.444 bits per heavy atom. The van der Waals surface area contributed by atoms with Crippen molar-refractivity contribution < 1.29 is 0 Å². The first-order chi connectivity index (χ1) is 13.1. The van der Waals surface area contributed by atoms with Crippen molar-refractivity contribution in [3.05, 3.63) is 0 Å². The highest BCUT2D eigenvalue weighted by Crippen LogP contribution is 2.13. The third-order valence-electron chi connectivity index (χ3n) is 5.84. The van der Waals surface area contributed by atoms with Crippen molar-refractivity contribution in [3.63, 3.8) is 0 Å². The molecule has 0 amide bonds. The average molecular weight is 382 g/mol. The number of hydrogen-bond acceptors (Lipinski definition) is 1. The van der Waals surface area contributed by atoms with E-state index in [4.69, 9.17) is 0 Å². The summed E-state index contributed by atoms with van der Waals surface area (Å²) in [4.78, 5) is 2.76. The van der Waals surface area contributed by atoms with Gasteiger partial charge >= 0.3 is 0 Å². The molecule has 0 aromatic carbocycles. The second-order valence-corrected chi connectivity index (χ2v) is 9.80. The van der Waals surface area contributed by atoms with Crippen molar-refractivity contribution in [1.29, 1.82) is 0 Å². The van der Waals surface area contributed by atoms with Crippen LogP contribution in [0.2, 0.25) is 0 Å². The van der Waals surface area contributed by atoms with Gasteiger partial charge in [0.1, 0.15) is 0 Å². The van der Waals surface area contributed by atoms with Gasteiger partial charge in [0.25, 0.3) is 0 Å². The molecule has 1 nitrogen and oxygen atoms in total. The fourth-order valence-electron chi connectivity index (χ4n) is 3.91. The third-order valence-corrected chi connectivity index (χ3v) is 5.84. The average Bonchev–Trinajstić information content (AvgIpc) is 2.62. The van der Waals surface area contributed by atoms with Crippen LogP contribution in [-0.4, -0.2) is 24.5 Å². The van der Waals surface area contributed by atoms with E-state index in [1.807, 2.05) is 0 Å². The van der Waals surface area contributed by atoms with Crippen molar-refractivity contribution in [2.45, 2.75) is 137 Å². The van der Waals surface area contributed by atoms with Crippen molar-refractivity contribution in [2.75, 3.05) is 19.6 Å². The first-order valence-corrected chi connectivity index (χ1v) is 12.8. The van der Waals surface area contributed by atoms with Crippen LogP contribution in [0.15, 0.2) is 0 Å². The minimum atomic E-state index is 0.886. The normalized spacial score (nSPS) is 12.0. The second-order valence-electron chi connectivity index (χ2n) is 9.80. The molecule has 0 aliphatic heterocycles. The summed E-state index contributed by atoms with van der Waals surface area (Å²) < 4.78 is 0. The molecule has 164 valence electrons. The zero-order valence-corrected chi connectivity index (χ0v) is 20.0. The molecule has 0 heterocycles. The molecule has 0 rings (SSSR count). The molecule has 0 unspecified atom stereocenters. The Bertz CT molecular complexity index is 247. The maximum atomic E-state index is 2.76. The smallest absolute Gasteiger partial charge is 0.00187 e. The number of unbranched alkanes of at least 4 members (excludes halogenated alkanes) is 11. The molecule has 0 aromatic rings. The number of rotatable bonds is 21. The monoisotopic (exact) mass is 381 g/mol. The Labute approximate surface area is 174 Å². The minimum absolute atomic E-state index is 0.886. The van der Waals surface area contributed by atoms with Crippen LogP contribution in [0.25, 0.3) is 0 Å². The molecule has 0 atom stereocenters. The van der Waals surface area contributed by atoms with Gasteiger partial charge in [-0.1, -0.05) is 118 Å². The predicted octanol–water partition coefficient (Wildman–Crippen LogP) is 8.86. The summed E-state index contributed by atoms with van der Waals surface area (Å²) in [6, 6.07) is 0. The van der Waals surface area contributed by atoms with Gasteiger partial charge in [0.2, 0.25) is 0 Å². The van der Waals surface area contributed by atoms with Gasteiger partial charge in [-0.3, -0.25) is 0 Å². The molecule has 0 bridgehead atoms. The summed E-state index contributed by atoms with van der Waals surface area (Å²) in [6.45, 7) is 15.7. The van der Waals surface area contributed by atoms with E-state index in [1.165, 1.54) is 122 Å². The Balaban J connectivity index is 3.58. The standard InChI is InChI=1S/C26H55N/c1-6-7-22-27(23-18-14-10-8-12-16-20-25(2)3)24-19-15-11-9-13-17-21-26(4)5/h25-26H,6-24H2,1-5H3. The maximum absolute atomic E-state index is 2.76. The fraction of sp³-hybridized carbons (Fsp3) is 1.00. The van der Waals surface area contributed by atoms with Gasteiger partial charge < -0.3 is 4.90 Å². The lowest BCUT2D eigenvalue weighted by molar-refractivity contribution is 0.256. The summed E-state index contributed by atoms with van der Waals surface area (Å²) in [7, 11) is 0. The lowest BCUT2D eigenvalue weighted by atomic mass is 10.0. The van der Waals surface area contributed by atoms with Gasteiger partial charge in [-0.25, -0.2) is 0 Å². The van der Waals surface area contributed by atoms with Crippen molar-refractivity contribution in [1.82, 2.24) is 4.90 Å². The summed E-state index contributed by atoms with van der Waals surface area (Å²) >= 11 is 0. The van der Waals surface area contributed by atoms with Crippen LogP contribution in [0.4, 0.5) is 0 Å². The molecule has 0 saturated heterocycles. The molecule has 0 aromatic heterocycles. The van der Waals surface area contributed by atoms with Crippen LogP contribution in [-0.2, 0) is 0 Å². The minimum Gasteiger partial charge on any atom is -0.303 e. The Hall–Kier alpha value is -0.0400. The van der Waals surface area contributed by atoms with Gasteiger partial charge in [-0.2, -0.15) is 0 Å². The number of nitrogens with zero attached hydrogens (tertiary/aromatic N) is 1. The fourth-order valence-corrected chi connectivity index (χ4v) is 3.91. The molecular weight excluding hydrogens is 326 g/mol. The zero-order chi connectivity index (χ0) is 20.2. The summed E-state index contributed by atoms with van der Waals surface area (Å²) in [5.74, 6) is 1.77. The van der Waals surface area contributed by atoms with E-state index in [1.54, 1.807) is 0 Å². The van der Waals surface area contributed by atoms with E-state index in [0.29, 0.717) is 0 Å². The SMILES string of the molecule is CCCCN(CCCCCCCCC(C)C)CCCCCCCCC(C)C. The van der Waals surface area contributed by atoms with E-state index in [0.717, 1.165) is 11.8 Å². The van der Waals surface area contributed by atoms with Crippen molar-refractivity contribution >= 4 is 0 Å². The van der Waals surface area contributed by atoms with Crippen LogP contribution >= 0.6 is 0 Å². The summed E-state index contributed by atoms with van der Waals surface area (Å²) in [6.07, 6.45) is 22.9. The Kier molecular flexibility index (Phi) is 20.7. The highest BCUT2D eigenvalue weighted by atomic mass is 15.1. The quantitative estimate of drug-likeness (QED) is 0.179. The largest absolute Gasteiger partial charge is 0.303 e. The molecule has 0 aliphatic rings. The van der Waals surface area contributed by atoms with E-state index in [-0.39, 0.29) is 0 Å². The van der Waals surface area contributed by atoms with Gasteiger partial charge in [0.15, 0.2) is 0 Å². The molecule has 27 heavy (non-hydrogen) atoms. The predicted molar refractivity (Wildman–Crippen MR) is 126 cm³/mol. The molecule has 0 spiro atoms. The van der Waals surface area contributed by atoms with E-state index < -0.39 is 0 Å². The molecule has 1 heteroatoms. The first kappa shape index (κ1) is 27.0. The van der Waals surface area contributed by atoms with E-state index in [2.05, 4.69) is 39.5 Å². The number of hydrogen-bond donors (Lipinski definition) is 0. The maximum Gasteiger partial charge on any atom is -0.00187 e. The molecular formula is C26H55N. The lowest BCUT2D eigenvalue weighted by Crippen LogP contribution is -2.27. The zero-order valence-electron chi connectivity index (χ0n) is 20.0. The first-order valence-electron chi connectivity index (χ1n) is 12.8. The summed E-state index contributed by atoms with van der Waals surface area (Å²) in [5, 5.41) is 0. The highest BCUT2D eigenvalue weighted by Gasteiger charge is 2.04.